The summed E-state index contributed by atoms with van der Waals surface area (Å²) in [6.07, 6.45) is 0.887. The molecule has 31 heavy (non-hydrogen) atoms. The lowest BCUT2D eigenvalue weighted by Gasteiger charge is -2.24. The normalized spacial score (nSPS) is 14.9. The molecule has 0 spiro atoms. The summed E-state index contributed by atoms with van der Waals surface area (Å²) in [4.78, 5) is 14.6. The molecule has 6 heteroatoms. The molecule has 3 aromatic rings. The van der Waals surface area contributed by atoms with Crippen molar-refractivity contribution in [1.82, 2.24) is 5.43 Å². The zero-order chi connectivity index (χ0) is 21.5. The maximum atomic E-state index is 12.3. The molecular weight excluding hydrogens is 390 g/mol. The van der Waals surface area contributed by atoms with Gasteiger partial charge in [-0.3, -0.25) is 4.79 Å². The molecule has 1 heterocycles. The van der Waals surface area contributed by atoms with Gasteiger partial charge in [-0.15, -0.1) is 0 Å². The van der Waals surface area contributed by atoms with E-state index in [4.69, 9.17) is 9.47 Å². The van der Waals surface area contributed by atoms with Crippen LogP contribution in [0.3, 0.4) is 0 Å². The number of nitrogens with zero attached hydrogens (tertiary/aromatic N) is 2. The molecule has 158 valence electrons. The number of amides is 1. The van der Waals surface area contributed by atoms with Gasteiger partial charge in [-0.2, -0.15) is 5.10 Å². The highest BCUT2D eigenvalue weighted by atomic mass is 16.6. The van der Waals surface area contributed by atoms with Gasteiger partial charge in [0.1, 0.15) is 6.61 Å². The Labute approximate surface area is 182 Å². The number of nitrogens with one attached hydrogen (secondary N) is 1. The van der Waals surface area contributed by atoms with E-state index in [1.165, 1.54) is 5.56 Å². The molecule has 0 aliphatic carbocycles. The summed E-state index contributed by atoms with van der Waals surface area (Å²) in [6, 6.07) is 25.8. The molecule has 0 radical (unpaired) electrons. The minimum atomic E-state index is -0.731. The summed E-state index contributed by atoms with van der Waals surface area (Å²) in [6.45, 7) is 4.06. The zero-order valence-electron chi connectivity index (χ0n) is 17.4. The molecule has 0 aromatic heterocycles. The van der Waals surface area contributed by atoms with Gasteiger partial charge >= 0.3 is 0 Å². The van der Waals surface area contributed by atoms with Crippen LogP contribution in [-0.4, -0.2) is 31.4 Å². The van der Waals surface area contributed by atoms with E-state index in [0.29, 0.717) is 11.5 Å². The minimum absolute atomic E-state index is 0.154. The maximum absolute atomic E-state index is 12.3. The van der Waals surface area contributed by atoms with Crippen LogP contribution in [0.4, 0.5) is 5.69 Å². The van der Waals surface area contributed by atoms with Crippen LogP contribution >= 0.6 is 0 Å². The lowest BCUT2D eigenvalue weighted by Crippen LogP contribution is -2.42. The topological polar surface area (TPSA) is 63.2 Å². The summed E-state index contributed by atoms with van der Waals surface area (Å²) in [5.41, 5.74) is 5.83. The number of rotatable bonds is 7. The molecule has 4 rings (SSSR count). The van der Waals surface area contributed by atoms with Gasteiger partial charge in [0.2, 0.25) is 6.10 Å². The average molecular weight is 415 g/mol. The second kappa shape index (κ2) is 9.80. The first kappa shape index (κ1) is 20.5. The average Bonchev–Trinajstić information content (AvgIpc) is 2.83. The third-order valence-corrected chi connectivity index (χ3v) is 5.05. The standard InChI is InChI=1S/C25H25N3O3/c1-2-28(17-20-8-4-3-5-9-20)21-14-12-19(13-15-21)16-26-27-25(29)24-18-30-22-10-6-7-11-23(22)31-24/h3-16,24H,2,17-18H2,1H3,(H,27,29)/b26-16-/t24-/m0/s1. The Balaban J connectivity index is 1.32. The first-order valence-electron chi connectivity index (χ1n) is 10.3. The van der Waals surface area contributed by atoms with Gasteiger partial charge < -0.3 is 14.4 Å². The second-order valence-electron chi connectivity index (χ2n) is 7.19. The number of fused-ring (bicyclic) bond motifs is 1. The smallest absolute Gasteiger partial charge is 0.284 e. The summed E-state index contributed by atoms with van der Waals surface area (Å²) < 4.78 is 11.3. The maximum Gasteiger partial charge on any atom is 0.284 e. The molecular formula is C25H25N3O3. The Morgan fingerprint density at radius 2 is 1.74 bits per heavy atom. The van der Waals surface area contributed by atoms with E-state index >= 15 is 0 Å². The van der Waals surface area contributed by atoms with Crippen LogP contribution in [0.1, 0.15) is 18.1 Å². The first-order valence-corrected chi connectivity index (χ1v) is 10.3. The van der Waals surface area contributed by atoms with Crippen LogP contribution in [0.15, 0.2) is 84.0 Å². The van der Waals surface area contributed by atoms with Crippen LogP contribution in [-0.2, 0) is 11.3 Å². The summed E-state index contributed by atoms with van der Waals surface area (Å²) in [5.74, 6) is 0.857. The number of anilines is 1. The van der Waals surface area contributed by atoms with E-state index in [0.717, 1.165) is 24.3 Å². The molecule has 0 unspecified atom stereocenters. The highest BCUT2D eigenvalue weighted by Crippen LogP contribution is 2.30. The molecule has 1 aliphatic rings. The van der Waals surface area contributed by atoms with Crippen LogP contribution in [0, 0.1) is 0 Å². The number of benzene rings is 3. The summed E-state index contributed by atoms with van der Waals surface area (Å²) >= 11 is 0. The van der Waals surface area contributed by atoms with Crippen molar-refractivity contribution < 1.29 is 14.3 Å². The largest absolute Gasteiger partial charge is 0.485 e. The lowest BCUT2D eigenvalue weighted by atomic mass is 10.1. The second-order valence-corrected chi connectivity index (χ2v) is 7.19. The number of carbonyl (C=O) groups excluding carboxylic acids is 1. The van der Waals surface area contributed by atoms with E-state index in [9.17, 15) is 4.79 Å². The van der Waals surface area contributed by atoms with E-state index in [1.807, 2.05) is 36.4 Å². The van der Waals surface area contributed by atoms with Crippen molar-refractivity contribution in [3.05, 3.63) is 90.0 Å². The quantitative estimate of drug-likeness (QED) is 0.468. The van der Waals surface area contributed by atoms with Crippen molar-refractivity contribution in [1.29, 1.82) is 0 Å². The monoisotopic (exact) mass is 415 g/mol. The first-order chi connectivity index (χ1) is 15.2. The number of hydrazone groups is 1. The van der Waals surface area contributed by atoms with Crippen LogP contribution < -0.4 is 19.8 Å². The number of ether oxygens (including phenoxy) is 2. The van der Waals surface area contributed by atoms with Gasteiger partial charge in [-0.25, -0.2) is 5.43 Å². The van der Waals surface area contributed by atoms with Crippen molar-refractivity contribution in [2.45, 2.75) is 19.6 Å². The molecule has 3 aromatic carbocycles. The number of carbonyl (C=O) groups is 1. The van der Waals surface area contributed by atoms with Crippen LogP contribution in [0.5, 0.6) is 11.5 Å². The van der Waals surface area contributed by atoms with Crippen LogP contribution in [0.25, 0.3) is 0 Å². The number of para-hydroxylation sites is 2. The van der Waals surface area contributed by atoms with Crippen molar-refractivity contribution in [2.24, 2.45) is 5.10 Å². The van der Waals surface area contributed by atoms with Gasteiger partial charge in [0.15, 0.2) is 11.5 Å². The fourth-order valence-electron chi connectivity index (χ4n) is 3.35. The molecule has 0 saturated carbocycles. The van der Waals surface area contributed by atoms with Gasteiger partial charge in [0, 0.05) is 18.8 Å². The van der Waals surface area contributed by atoms with Crippen LogP contribution in [0.2, 0.25) is 0 Å². The molecule has 0 saturated heterocycles. The van der Waals surface area contributed by atoms with E-state index in [2.05, 4.69) is 58.7 Å². The predicted octanol–water partition coefficient (Wildman–Crippen LogP) is 4.00. The lowest BCUT2D eigenvalue weighted by molar-refractivity contribution is -0.130. The highest BCUT2D eigenvalue weighted by molar-refractivity contribution is 5.85. The third kappa shape index (κ3) is 5.22. The van der Waals surface area contributed by atoms with Gasteiger partial charge in [0.25, 0.3) is 5.91 Å². The zero-order valence-corrected chi connectivity index (χ0v) is 17.4. The Hall–Kier alpha value is -3.80. The van der Waals surface area contributed by atoms with Gasteiger partial charge in [-0.05, 0) is 42.3 Å². The minimum Gasteiger partial charge on any atom is -0.485 e. The molecule has 0 fully saturated rings. The Morgan fingerprint density at radius 1 is 1.03 bits per heavy atom. The van der Waals surface area contributed by atoms with E-state index in [1.54, 1.807) is 12.3 Å². The van der Waals surface area contributed by atoms with Crippen molar-refractivity contribution >= 4 is 17.8 Å². The highest BCUT2D eigenvalue weighted by Gasteiger charge is 2.26. The fraction of sp³-hybridized carbons (Fsp3) is 0.200. The van der Waals surface area contributed by atoms with E-state index < -0.39 is 6.10 Å². The molecule has 1 amide bonds. The third-order valence-electron chi connectivity index (χ3n) is 5.05. The van der Waals surface area contributed by atoms with Crippen molar-refractivity contribution in [3.63, 3.8) is 0 Å². The fourth-order valence-corrected chi connectivity index (χ4v) is 3.35. The number of hydrogen-bond acceptors (Lipinski definition) is 5. The molecule has 1 atom stereocenters. The van der Waals surface area contributed by atoms with Crippen molar-refractivity contribution in [2.75, 3.05) is 18.1 Å². The van der Waals surface area contributed by atoms with Gasteiger partial charge in [-0.1, -0.05) is 54.6 Å². The Kier molecular flexibility index (Phi) is 6.47. The van der Waals surface area contributed by atoms with E-state index in [-0.39, 0.29) is 12.5 Å². The molecule has 0 bridgehead atoms. The number of hydrogen-bond donors (Lipinski definition) is 1. The summed E-state index contributed by atoms with van der Waals surface area (Å²) in [5, 5.41) is 4.06. The molecule has 1 N–H and O–H groups in total. The predicted molar refractivity (Wildman–Crippen MR) is 122 cm³/mol. The molecule has 6 nitrogen and oxygen atoms in total. The SMILES string of the molecule is CCN(Cc1ccccc1)c1ccc(/C=N\NC(=O)[C@@H]2COc3ccccc3O2)cc1. The summed E-state index contributed by atoms with van der Waals surface area (Å²) in [7, 11) is 0. The van der Waals surface area contributed by atoms with Crippen molar-refractivity contribution in [3.8, 4) is 11.5 Å². The Morgan fingerprint density at radius 3 is 2.48 bits per heavy atom. The van der Waals surface area contributed by atoms with Gasteiger partial charge in [0.05, 0.1) is 6.21 Å². The molecule has 1 aliphatic heterocycles. The Bertz CT molecular complexity index is 1040.